The van der Waals surface area contributed by atoms with Gasteiger partial charge >= 0.3 is 0 Å². The number of nitrogens with zero attached hydrogens (tertiary/aromatic N) is 2. The lowest BCUT2D eigenvalue weighted by molar-refractivity contribution is -0.122. The number of fused-ring (bicyclic) bond motifs is 4. The monoisotopic (exact) mass is 344 g/mol. The molecule has 0 saturated heterocycles. The van der Waals surface area contributed by atoms with Crippen LogP contribution in [0.15, 0.2) is 10.2 Å². The molecule has 0 aliphatic heterocycles. The Morgan fingerprint density at radius 2 is 1.28 bits per heavy atom. The van der Waals surface area contributed by atoms with Crippen LogP contribution in [0.3, 0.4) is 0 Å². The number of hydrogen-bond donors (Lipinski definition) is 2. The summed E-state index contributed by atoms with van der Waals surface area (Å²) in [4.78, 5) is 23.7. The summed E-state index contributed by atoms with van der Waals surface area (Å²) in [5, 5.41) is 8.62. The summed E-state index contributed by atoms with van der Waals surface area (Å²) in [6, 6.07) is 0. The highest BCUT2D eigenvalue weighted by Gasteiger charge is 2.37. The summed E-state index contributed by atoms with van der Waals surface area (Å²) in [7, 11) is 0. The summed E-state index contributed by atoms with van der Waals surface area (Å²) >= 11 is 0. The van der Waals surface area contributed by atoms with Crippen molar-refractivity contribution in [1.82, 2.24) is 10.9 Å². The summed E-state index contributed by atoms with van der Waals surface area (Å²) in [6.07, 6.45) is 10.9. The predicted molar refractivity (Wildman–Crippen MR) is 95.9 cm³/mol. The number of amides is 2. The smallest absolute Gasteiger partial charge is 0.240 e. The van der Waals surface area contributed by atoms with Crippen LogP contribution in [0.5, 0.6) is 0 Å². The van der Waals surface area contributed by atoms with E-state index in [9.17, 15) is 9.59 Å². The third-order valence-corrected chi connectivity index (χ3v) is 6.48. The van der Waals surface area contributed by atoms with Gasteiger partial charge in [0, 0.05) is 24.3 Å². The van der Waals surface area contributed by atoms with Gasteiger partial charge in [-0.05, 0) is 81.5 Å². The minimum absolute atomic E-state index is 0.0949. The predicted octanol–water partition coefficient (Wildman–Crippen LogP) is 2.74. The molecule has 0 aromatic carbocycles. The molecule has 0 aromatic rings. The second-order valence-corrected chi connectivity index (χ2v) is 8.29. The standard InChI is InChI=1S/C19H28N4O2/c24-18(22-20-16-10-12-4-6-14(16)8-12)2-1-3-19(25)23-21-17-11-13-5-7-15(17)9-13/h12-15H,1-11H2,(H,22,24)(H,23,25)/b20-16+,21-17+. The van der Waals surface area contributed by atoms with E-state index in [0.717, 1.165) is 24.7 Å². The van der Waals surface area contributed by atoms with Crippen LogP contribution in [-0.4, -0.2) is 23.2 Å². The molecule has 4 aliphatic rings. The molecule has 6 heteroatoms. The van der Waals surface area contributed by atoms with E-state index in [1.165, 1.54) is 49.9 Å². The zero-order chi connectivity index (χ0) is 17.2. The van der Waals surface area contributed by atoms with Crippen molar-refractivity contribution in [2.45, 2.75) is 70.6 Å². The second-order valence-electron chi connectivity index (χ2n) is 8.29. The number of hydrogen-bond acceptors (Lipinski definition) is 4. The van der Waals surface area contributed by atoms with Crippen LogP contribution in [0, 0.1) is 23.7 Å². The van der Waals surface area contributed by atoms with Gasteiger partial charge in [-0.15, -0.1) is 0 Å². The summed E-state index contributed by atoms with van der Waals surface area (Å²) in [5.41, 5.74) is 7.68. The molecule has 4 unspecified atom stereocenters. The lowest BCUT2D eigenvalue weighted by atomic mass is 9.99. The minimum atomic E-state index is -0.0949. The second kappa shape index (κ2) is 7.26. The SMILES string of the molecule is O=C(CCCC(=O)N/N=C1\CC2CCC1C2)N/N=C1\CC2CCC1C2. The van der Waals surface area contributed by atoms with Gasteiger partial charge in [0.2, 0.25) is 11.8 Å². The molecule has 4 bridgehead atoms. The molecule has 4 rings (SSSR count). The van der Waals surface area contributed by atoms with Crippen molar-refractivity contribution in [3.63, 3.8) is 0 Å². The van der Waals surface area contributed by atoms with Crippen LogP contribution in [0.2, 0.25) is 0 Å². The van der Waals surface area contributed by atoms with Gasteiger partial charge in [0.15, 0.2) is 0 Å². The molecule has 25 heavy (non-hydrogen) atoms. The van der Waals surface area contributed by atoms with E-state index in [-0.39, 0.29) is 11.8 Å². The van der Waals surface area contributed by atoms with Gasteiger partial charge in [-0.25, -0.2) is 10.9 Å². The van der Waals surface area contributed by atoms with Crippen molar-refractivity contribution in [2.24, 2.45) is 33.9 Å². The molecule has 0 spiro atoms. The fourth-order valence-electron chi connectivity index (χ4n) is 5.11. The first-order valence-corrected chi connectivity index (χ1v) is 9.88. The lowest BCUT2D eigenvalue weighted by Crippen LogP contribution is -2.23. The first-order valence-electron chi connectivity index (χ1n) is 9.88. The van der Waals surface area contributed by atoms with Crippen molar-refractivity contribution in [3.05, 3.63) is 0 Å². The maximum Gasteiger partial charge on any atom is 0.240 e. The Labute approximate surface area is 148 Å². The molecular formula is C19H28N4O2. The highest BCUT2D eigenvalue weighted by atomic mass is 16.2. The van der Waals surface area contributed by atoms with Gasteiger partial charge < -0.3 is 0 Å². The molecule has 0 aromatic heterocycles. The molecule has 4 saturated carbocycles. The average Bonchev–Trinajstić information content (AvgIpc) is 3.38. The Hall–Kier alpha value is -1.72. The molecule has 2 amide bonds. The van der Waals surface area contributed by atoms with E-state index in [0.29, 0.717) is 31.1 Å². The number of rotatable bonds is 6. The van der Waals surface area contributed by atoms with Crippen LogP contribution in [0.1, 0.15) is 70.6 Å². The number of carbonyl (C=O) groups is 2. The van der Waals surface area contributed by atoms with Crippen molar-refractivity contribution in [1.29, 1.82) is 0 Å². The fourth-order valence-corrected chi connectivity index (χ4v) is 5.11. The third kappa shape index (κ3) is 3.93. The van der Waals surface area contributed by atoms with Gasteiger partial charge in [-0.3, -0.25) is 9.59 Å². The van der Waals surface area contributed by atoms with Crippen molar-refractivity contribution in [3.8, 4) is 0 Å². The summed E-state index contributed by atoms with van der Waals surface area (Å²) < 4.78 is 0. The molecular weight excluding hydrogens is 316 g/mol. The first kappa shape index (κ1) is 16.7. The zero-order valence-electron chi connectivity index (χ0n) is 14.8. The van der Waals surface area contributed by atoms with Gasteiger partial charge in [0.1, 0.15) is 0 Å². The summed E-state index contributed by atoms with van der Waals surface area (Å²) in [5.74, 6) is 2.59. The first-order chi connectivity index (χ1) is 12.2. The highest BCUT2D eigenvalue weighted by molar-refractivity contribution is 5.91. The van der Waals surface area contributed by atoms with Gasteiger partial charge in [0.05, 0.1) is 0 Å². The van der Waals surface area contributed by atoms with Crippen LogP contribution in [-0.2, 0) is 9.59 Å². The molecule has 136 valence electrons. The average molecular weight is 344 g/mol. The molecule has 0 heterocycles. The molecule has 4 aliphatic carbocycles. The largest absolute Gasteiger partial charge is 0.273 e. The van der Waals surface area contributed by atoms with Crippen LogP contribution in [0.4, 0.5) is 0 Å². The Balaban J connectivity index is 1.12. The number of carbonyl (C=O) groups excluding carboxylic acids is 2. The van der Waals surface area contributed by atoms with Crippen molar-refractivity contribution < 1.29 is 9.59 Å². The van der Waals surface area contributed by atoms with Crippen molar-refractivity contribution in [2.75, 3.05) is 0 Å². The highest BCUT2D eigenvalue weighted by Crippen LogP contribution is 2.43. The summed E-state index contributed by atoms with van der Waals surface area (Å²) in [6.45, 7) is 0. The van der Waals surface area contributed by atoms with E-state index in [1.54, 1.807) is 0 Å². The van der Waals surface area contributed by atoms with Crippen molar-refractivity contribution >= 4 is 23.2 Å². The van der Waals surface area contributed by atoms with Gasteiger partial charge in [-0.2, -0.15) is 10.2 Å². The molecule has 0 radical (unpaired) electrons. The molecule has 4 atom stereocenters. The van der Waals surface area contributed by atoms with E-state index >= 15 is 0 Å². The van der Waals surface area contributed by atoms with E-state index in [2.05, 4.69) is 21.1 Å². The van der Waals surface area contributed by atoms with Crippen LogP contribution in [0.25, 0.3) is 0 Å². The van der Waals surface area contributed by atoms with Gasteiger partial charge in [0.25, 0.3) is 0 Å². The third-order valence-electron chi connectivity index (χ3n) is 6.48. The lowest BCUT2D eigenvalue weighted by Gasteiger charge is -2.12. The van der Waals surface area contributed by atoms with E-state index in [1.807, 2.05) is 0 Å². The topological polar surface area (TPSA) is 82.9 Å². The maximum atomic E-state index is 11.9. The molecule has 2 N–H and O–H groups in total. The normalized spacial score (nSPS) is 35.7. The molecule has 6 nitrogen and oxygen atoms in total. The number of nitrogens with one attached hydrogen (secondary N) is 2. The van der Waals surface area contributed by atoms with E-state index < -0.39 is 0 Å². The van der Waals surface area contributed by atoms with E-state index in [4.69, 9.17) is 0 Å². The fraction of sp³-hybridized carbons (Fsp3) is 0.789. The quantitative estimate of drug-likeness (QED) is 0.726. The Bertz CT molecular complexity index is 561. The Morgan fingerprint density at radius 3 is 1.64 bits per heavy atom. The van der Waals surface area contributed by atoms with Crippen LogP contribution < -0.4 is 10.9 Å². The number of hydrazone groups is 2. The zero-order valence-corrected chi connectivity index (χ0v) is 14.8. The van der Waals surface area contributed by atoms with Crippen LogP contribution >= 0.6 is 0 Å². The Kier molecular flexibility index (Phi) is 4.86. The molecule has 4 fully saturated rings. The Morgan fingerprint density at radius 1 is 0.800 bits per heavy atom. The minimum Gasteiger partial charge on any atom is -0.273 e. The van der Waals surface area contributed by atoms with Gasteiger partial charge in [-0.1, -0.05) is 0 Å². The maximum absolute atomic E-state index is 11.9.